The smallest absolute Gasteiger partial charge is 0.224 e. The third-order valence-electron chi connectivity index (χ3n) is 3.01. The summed E-state index contributed by atoms with van der Waals surface area (Å²) < 4.78 is 0. The number of amides is 1. The van der Waals surface area contributed by atoms with Gasteiger partial charge < -0.3 is 10.4 Å². The SMILES string of the molecule is CCCC(O)CNC(=O)Cc1cc(C)ccc1C. The molecular weight excluding hydrogens is 226 g/mol. The lowest BCUT2D eigenvalue weighted by molar-refractivity contribution is -0.120. The van der Waals surface area contributed by atoms with E-state index >= 15 is 0 Å². The first-order chi connectivity index (χ1) is 8.52. The molecule has 0 radical (unpaired) electrons. The maximum Gasteiger partial charge on any atom is 0.224 e. The van der Waals surface area contributed by atoms with Crippen LogP contribution in [0.5, 0.6) is 0 Å². The van der Waals surface area contributed by atoms with Gasteiger partial charge in [0.1, 0.15) is 0 Å². The number of benzene rings is 1. The van der Waals surface area contributed by atoms with E-state index in [1.54, 1.807) is 0 Å². The Morgan fingerprint density at radius 1 is 1.39 bits per heavy atom. The molecular formula is C15H23NO2. The van der Waals surface area contributed by atoms with Gasteiger partial charge >= 0.3 is 0 Å². The van der Waals surface area contributed by atoms with Crippen molar-refractivity contribution in [2.45, 2.75) is 46.1 Å². The number of nitrogens with one attached hydrogen (secondary N) is 1. The highest BCUT2D eigenvalue weighted by Gasteiger charge is 2.08. The average molecular weight is 249 g/mol. The highest BCUT2D eigenvalue weighted by molar-refractivity contribution is 5.79. The average Bonchev–Trinajstić information content (AvgIpc) is 2.32. The fourth-order valence-electron chi connectivity index (χ4n) is 1.89. The molecule has 18 heavy (non-hydrogen) atoms. The molecule has 0 spiro atoms. The summed E-state index contributed by atoms with van der Waals surface area (Å²) >= 11 is 0. The molecule has 1 rings (SSSR count). The van der Waals surface area contributed by atoms with Crippen LogP contribution >= 0.6 is 0 Å². The van der Waals surface area contributed by atoms with Crippen molar-refractivity contribution in [3.63, 3.8) is 0 Å². The fraction of sp³-hybridized carbons (Fsp3) is 0.533. The third-order valence-corrected chi connectivity index (χ3v) is 3.01. The molecule has 3 nitrogen and oxygen atoms in total. The van der Waals surface area contributed by atoms with Gasteiger partial charge in [0.05, 0.1) is 12.5 Å². The van der Waals surface area contributed by atoms with Crippen molar-refractivity contribution < 1.29 is 9.90 Å². The van der Waals surface area contributed by atoms with Gasteiger partial charge in [0.15, 0.2) is 0 Å². The van der Waals surface area contributed by atoms with Crippen LogP contribution in [0, 0.1) is 13.8 Å². The first kappa shape index (κ1) is 14.7. The van der Waals surface area contributed by atoms with E-state index in [2.05, 4.69) is 5.32 Å². The fourth-order valence-corrected chi connectivity index (χ4v) is 1.89. The van der Waals surface area contributed by atoms with Crippen LogP contribution in [0.15, 0.2) is 18.2 Å². The van der Waals surface area contributed by atoms with E-state index in [9.17, 15) is 9.90 Å². The van der Waals surface area contributed by atoms with Crippen molar-refractivity contribution in [3.8, 4) is 0 Å². The van der Waals surface area contributed by atoms with Gasteiger partial charge in [-0.2, -0.15) is 0 Å². The van der Waals surface area contributed by atoms with Gasteiger partial charge in [-0.1, -0.05) is 37.1 Å². The quantitative estimate of drug-likeness (QED) is 0.811. The lowest BCUT2D eigenvalue weighted by Crippen LogP contribution is -2.33. The van der Waals surface area contributed by atoms with E-state index in [4.69, 9.17) is 0 Å². The van der Waals surface area contributed by atoms with Crippen LogP contribution in [-0.4, -0.2) is 23.7 Å². The van der Waals surface area contributed by atoms with Gasteiger partial charge in [-0.25, -0.2) is 0 Å². The molecule has 0 aliphatic carbocycles. The molecule has 0 saturated carbocycles. The topological polar surface area (TPSA) is 49.3 Å². The third kappa shape index (κ3) is 4.88. The summed E-state index contributed by atoms with van der Waals surface area (Å²) in [7, 11) is 0. The molecule has 100 valence electrons. The molecule has 1 unspecified atom stereocenters. The Balaban J connectivity index is 2.47. The van der Waals surface area contributed by atoms with Crippen molar-refractivity contribution in [2.75, 3.05) is 6.54 Å². The number of hydrogen-bond donors (Lipinski definition) is 2. The second-order valence-corrected chi connectivity index (χ2v) is 4.85. The van der Waals surface area contributed by atoms with Gasteiger partial charge in [-0.05, 0) is 31.4 Å². The van der Waals surface area contributed by atoms with E-state index in [0.717, 1.165) is 29.5 Å². The summed E-state index contributed by atoms with van der Waals surface area (Å²) in [6, 6.07) is 6.11. The first-order valence-electron chi connectivity index (χ1n) is 6.53. The Morgan fingerprint density at radius 3 is 2.78 bits per heavy atom. The van der Waals surface area contributed by atoms with Gasteiger partial charge in [0.2, 0.25) is 5.91 Å². The molecule has 0 aliphatic heterocycles. The highest BCUT2D eigenvalue weighted by Crippen LogP contribution is 2.11. The maximum atomic E-state index is 11.8. The van der Waals surface area contributed by atoms with Gasteiger partial charge in [0.25, 0.3) is 0 Å². The Bertz CT molecular complexity index is 401. The summed E-state index contributed by atoms with van der Waals surface area (Å²) in [5.41, 5.74) is 3.34. The minimum Gasteiger partial charge on any atom is -0.391 e. The standard InChI is InChI=1S/C15H23NO2/c1-4-5-14(17)10-16-15(18)9-13-8-11(2)6-7-12(13)3/h6-8,14,17H,4-5,9-10H2,1-3H3,(H,16,18). The van der Waals surface area contributed by atoms with Crippen LogP contribution < -0.4 is 5.32 Å². The summed E-state index contributed by atoms with van der Waals surface area (Å²) in [6.45, 7) is 6.39. The maximum absolute atomic E-state index is 11.8. The zero-order valence-corrected chi connectivity index (χ0v) is 11.5. The molecule has 1 aromatic carbocycles. The molecule has 0 fully saturated rings. The number of rotatable bonds is 6. The van der Waals surface area contributed by atoms with Crippen LogP contribution in [0.1, 0.15) is 36.5 Å². The number of carbonyl (C=O) groups excluding carboxylic acids is 1. The largest absolute Gasteiger partial charge is 0.391 e. The summed E-state index contributed by atoms with van der Waals surface area (Å²) in [5, 5.41) is 12.3. The molecule has 1 aromatic rings. The van der Waals surface area contributed by atoms with Crippen LogP contribution in [0.2, 0.25) is 0 Å². The van der Waals surface area contributed by atoms with Crippen molar-refractivity contribution >= 4 is 5.91 Å². The van der Waals surface area contributed by atoms with E-state index in [-0.39, 0.29) is 5.91 Å². The Kier molecular flexibility index (Phi) is 5.86. The molecule has 0 bridgehead atoms. The molecule has 1 atom stereocenters. The molecule has 0 aliphatic rings. The lowest BCUT2D eigenvalue weighted by atomic mass is 10.0. The summed E-state index contributed by atoms with van der Waals surface area (Å²) in [6.07, 6.45) is 1.60. The Morgan fingerprint density at radius 2 is 2.11 bits per heavy atom. The van der Waals surface area contributed by atoms with Crippen LogP contribution in [0.4, 0.5) is 0 Å². The molecule has 0 aromatic heterocycles. The van der Waals surface area contributed by atoms with Crippen molar-refractivity contribution in [2.24, 2.45) is 0 Å². The molecule has 0 saturated heterocycles. The van der Waals surface area contributed by atoms with E-state index in [1.165, 1.54) is 0 Å². The number of hydrogen-bond acceptors (Lipinski definition) is 2. The predicted molar refractivity (Wildman–Crippen MR) is 73.5 cm³/mol. The monoisotopic (exact) mass is 249 g/mol. The Hall–Kier alpha value is -1.35. The van der Waals surface area contributed by atoms with E-state index < -0.39 is 6.10 Å². The number of aliphatic hydroxyl groups is 1. The van der Waals surface area contributed by atoms with E-state index in [1.807, 2.05) is 39.0 Å². The van der Waals surface area contributed by atoms with Crippen molar-refractivity contribution in [1.82, 2.24) is 5.32 Å². The number of aliphatic hydroxyl groups excluding tert-OH is 1. The second-order valence-electron chi connectivity index (χ2n) is 4.85. The van der Waals surface area contributed by atoms with Gasteiger partial charge in [-0.3, -0.25) is 4.79 Å². The van der Waals surface area contributed by atoms with Crippen LogP contribution in [-0.2, 0) is 11.2 Å². The highest BCUT2D eigenvalue weighted by atomic mass is 16.3. The van der Waals surface area contributed by atoms with Crippen molar-refractivity contribution in [3.05, 3.63) is 34.9 Å². The zero-order valence-electron chi connectivity index (χ0n) is 11.5. The second kappa shape index (κ2) is 7.17. The Labute approximate surface area is 109 Å². The van der Waals surface area contributed by atoms with Crippen LogP contribution in [0.3, 0.4) is 0 Å². The molecule has 1 amide bonds. The minimum atomic E-state index is -0.433. The van der Waals surface area contributed by atoms with Crippen molar-refractivity contribution in [1.29, 1.82) is 0 Å². The van der Waals surface area contributed by atoms with Gasteiger partial charge in [0, 0.05) is 6.54 Å². The first-order valence-corrected chi connectivity index (χ1v) is 6.53. The normalized spacial score (nSPS) is 12.2. The number of carbonyl (C=O) groups is 1. The number of aryl methyl sites for hydroxylation is 2. The summed E-state index contributed by atoms with van der Waals surface area (Å²) in [4.78, 5) is 11.8. The molecule has 0 heterocycles. The molecule has 2 N–H and O–H groups in total. The van der Waals surface area contributed by atoms with E-state index in [0.29, 0.717) is 13.0 Å². The van der Waals surface area contributed by atoms with Crippen LogP contribution in [0.25, 0.3) is 0 Å². The zero-order chi connectivity index (χ0) is 13.5. The predicted octanol–water partition coefficient (Wildman–Crippen LogP) is 2.12. The van der Waals surface area contributed by atoms with Gasteiger partial charge in [-0.15, -0.1) is 0 Å². The summed E-state index contributed by atoms with van der Waals surface area (Å²) in [5.74, 6) is -0.0288. The lowest BCUT2D eigenvalue weighted by Gasteiger charge is -2.11. The minimum absolute atomic E-state index is 0.0288. The molecule has 3 heteroatoms.